The van der Waals surface area contributed by atoms with Crippen molar-refractivity contribution >= 4 is 12.0 Å². The van der Waals surface area contributed by atoms with Gasteiger partial charge in [-0.15, -0.1) is 6.58 Å². The van der Waals surface area contributed by atoms with Gasteiger partial charge in [0.2, 0.25) is 0 Å². The molecule has 0 N–H and O–H groups in total. The van der Waals surface area contributed by atoms with E-state index < -0.39 is 11.7 Å². The van der Waals surface area contributed by atoms with E-state index in [-0.39, 0.29) is 24.0 Å². The SMILES string of the molecule is C=CCCO[C@H](C)C(=O)N1CCC[C@@H](CN(C(=O)OC(C)(C)C)C(C)C)C1. The Balaban J connectivity index is 2.65. The molecule has 0 aliphatic carbocycles. The van der Waals surface area contributed by atoms with Gasteiger partial charge < -0.3 is 19.3 Å². The van der Waals surface area contributed by atoms with Crippen LogP contribution in [-0.4, -0.2) is 65.8 Å². The number of carbonyl (C=O) groups is 2. The molecule has 1 saturated heterocycles. The van der Waals surface area contributed by atoms with E-state index in [0.717, 1.165) is 25.8 Å². The molecule has 1 aliphatic heterocycles. The smallest absolute Gasteiger partial charge is 0.410 e. The van der Waals surface area contributed by atoms with Gasteiger partial charge in [-0.05, 0) is 66.7 Å². The van der Waals surface area contributed by atoms with Gasteiger partial charge in [-0.25, -0.2) is 4.79 Å². The minimum Gasteiger partial charge on any atom is -0.444 e. The Kier molecular flexibility index (Phi) is 9.30. The highest BCUT2D eigenvalue weighted by Crippen LogP contribution is 2.21. The van der Waals surface area contributed by atoms with E-state index in [1.165, 1.54) is 0 Å². The topological polar surface area (TPSA) is 59.1 Å². The van der Waals surface area contributed by atoms with Gasteiger partial charge in [-0.1, -0.05) is 6.08 Å². The lowest BCUT2D eigenvalue weighted by molar-refractivity contribution is -0.144. The molecule has 0 aromatic heterocycles. The Morgan fingerprint density at radius 1 is 1.30 bits per heavy atom. The second kappa shape index (κ2) is 10.7. The number of nitrogens with zero attached hydrogens (tertiary/aromatic N) is 2. The molecule has 0 aromatic rings. The monoisotopic (exact) mass is 382 g/mol. The van der Waals surface area contributed by atoms with Gasteiger partial charge in [0, 0.05) is 25.7 Å². The van der Waals surface area contributed by atoms with Crippen molar-refractivity contribution in [3.8, 4) is 0 Å². The number of likely N-dealkylation sites (tertiary alicyclic amines) is 1. The van der Waals surface area contributed by atoms with Crippen LogP contribution >= 0.6 is 0 Å². The van der Waals surface area contributed by atoms with E-state index in [4.69, 9.17) is 9.47 Å². The largest absolute Gasteiger partial charge is 0.444 e. The Hall–Kier alpha value is -1.56. The molecular formula is C21H38N2O4. The van der Waals surface area contributed by atoms with E-state index in [1.807, 2.05) is 39.5 Å². The van der Waals surface area contributed by atoms with Crippen molar-refractivity contribution < 1.29 is 19.1 Å². The molecule has 1 rings (SSSR count). The van der Waals surface area contributed by atoms with E-state index in [9.17, 15) is 9.59 Å². The van der Waals surface area contributed by atoms with Crippen LogP contribution in [0.3, 0.4) is 0 Å². The fourth-order valence-electron chi connectivity index (χ4n) is 3.17. The van der Waals surface area contributed by atoms with Crippen molar-refractivity contribution in [3.05, 3.63) is 12.7 Å². The molecule has 0 bridgehead atoms. The Labute approximate surface area is 164 Å². The third kappa shape index (κ3) is 8.33. The molecule has 156 valence electrons. The van der Waals surface area contributed by atoms with Crippen molar-refractivity contribution in [2.24, 2.45) is 5.92 Å². The van der Waals surface area contributed by atoms with Gasteiger partial charge in [-0.3, -0.25) is 4.79 Å². The third-order valence-corrected chi connectivity index (χ3v) is 4.57. The van der Waals surface area contributed by atoms with Crippen LogP contribution in [0, 0.1) is 5.92 Å². The zero-order valence-corrected chi connectivity index (χ0v) is 18.0. The highest BCUT2D eigenvalue weighted by Gasteiger charge is 2.31. The Morgan fingerprint density at radius 2 is 1.96 bits per heavy atom. The minimum atomic E-state index is -0.517. The van der Waals surface area contributed by atoms with Crippen LogP contribution in [0.25, 0.3) is 0 Å². The standard InChI is InChI=1S/C21H38N2O4/c1-8-9-13-26-17(4)19(24)22-12-10-11-18(14-22)15-23(16(2)3)20(25)27-21(5,6)7/h8,16-18H,1,9-15H2,2-7H3/t17-,18-/m1/s1. The third-order valence-electron chi connectivity index (χ3n) is 4.57. The zero-order valence-electron chi connectivity index (χ0n) is 18.0. The summed E-state index contributed by atoms with van der Waals surface area (Å²) in [7, 11) is 0. The van der Waals surface area contributed by atoms with Crippen molar-refractivity contribution in [1.29, 1.82) is 0 Å². The molecule has 1 aliphatic rings. The Morgan fingerprint density at radius 3 is 2.52 bits per heavy atom. The molecule has 0 radical (unpaired) electrons. The number of amides is 2. The van der Waals surface area contributed by atoms with Crippen molar-refractivity contribution in [2.45, 2.75) is 78.6 Å². The molecule has 1 fully saturated rings. The molecule has 2 atom stereocenters. The number of hydrogen-bond donors (Lipinski definition) is 0. The lowest BCUT2D eigenvalue weighted by atomic mass is 9.96. The molecular weight excluding hydrogens is 344 g/mol. The summed E-state index contributed by atoms with van der Waals surface area (Å²) >= 11 is 0. The maximum Gasteiger partial charge on any atom is 0.410 e. The van der Waals surface area contributed by atoms with Gasteiger partial charge >= 0.3 is 6.09 Å². The van der Waals surface area contributed by atoms with Crippen LogP contribution in [0.1, 0.15) is 60.8 Å². The molecule has 2 amide bonds. The van der Waals surface area contributed by atoms with E-state index in [2.05, 4.69) is 6.58 Å². The predicted octanol–water partition coefficient (Wildman–Crippen LogP) is 3.85. The summed E-state index contributed by atoms with van der Waals surface area (Å²) in [6.07, 6.45) is 3.72. The van der Waals surface area contributed by atoms with Crippen LogP contribution < -0.4 is 0 Å². The molecule has 0 spiro atoms. The van der Waals surface area contributed by atoms with Gasteiger partial charge in [-0.2, -0.15) is 0 Å². The lowest BCUT2D eigenvalue weighted by Crippen LogP contribution is -2.49. The molecule has 6 heteroatoms. The summed E-state index contributed by atoms with van der Waals surface area (Å²) in [5, 5.41) is 0. The predicted molar refractivity (Wildman–Crippen MR) is 108 cm³/mol. The van der Waals surface area contributed by atoms with Gasteiger partial charge in [0.15, 0.2) is 0 Å². The first-order valence-corrected chi connectivity index (χ1v) is 10.1. The maximum absolute atomic E-state index is 12.6. The zero-order chi connectivity index (χ0) is 20.6. The number of hydrogen-bond acceptors (Lipinski definition) is 4. The van der Waals surface area contributed by atoms with Crippen molar-refractivity contribution in [1.82, 2.24) is 9.80 Å². The first kappa shape index (κ1) is 23.5. The highest BCUT2D eigenvalue weighted by atomic mass is 16.6. The Bertz CT molecular complexity index is 499. The summed E-state index contributed by atoms with van der Waals surface area (Å²) in [5.41, 5.74) is -0.517. The number of ether oxygens (including phenoxy) is 2. The van der Waals surface area contributed by atoms with Crippen molar-refractivity contribution in [3.63, 3.8) is 0 Å². The van der Waals surface area contributed by atoms with E-state index >= 15 is 0 Å². The minimum absolute atomic E-state index is 0.0251. The van der Waals surface area contributed by atoms with E-state index in [1.54, 1.807) is 17.9 Å². The lowest BCUT2D eigenvalue weighted by Gasteiger charge is -2.38. The molecule has 0 unspecified atom stereocenters. The van der Waals surface area contributed by atoms with Crippen LogP contribution in [0.15, 0.2) is 12.7 Å². The quantitative estimate of drug-likeness (QED) is 0.473. The molecule has 1 heterocycles. The summed E-state index contributed by atoms with van der Waals surface area (Å²) in [4.78, 5) is 28.8. The first-order valence-electron chi connectivity index (χ1n) is 10.1. The average Bonchev–Trinajstić information content (AvgIpc) is 2.57. The molecule has 27 heavy (non-hydrogen) atoms. The summed E-state index contributed by atoms with van der Waals surface area (Å²) in [6.45, 7) is 17.6. The van der Waals surface area contributed by atoms with Gasteiger partial charge in [0.25, 0.3) is 5.91 Å². The summed E-state index contributed by atoms with van der Waals surface area (Å²) < 4.78 is 11.1. The number of carbonyl (C=O) groups excluding carboxylic acids is 2. The number of piperidine rings is 1. The normalized spacial score (nSPS) is 18.9. The summed E-state index contributed by atoms with van der Waals surface area (Å²) in [6, 6.07) is 0.0482. The van der Waals surface area contributed by atoms with Crippen molar-refractivity contribution in [2.75, 3.05) is 26.2 Å². The highest BCUT2D eigenvalue weighted by molar-refractivity contribution is 5.80. The molecule has 0 saturated carbocycles. The van der Waals surface area contributed by atoms with Crippen LogP contribution in [-0.2, 0) is 14.3 Å². The maximum atomic E-state index is 12.6. The average molecular weight is 383 g/mol. The fourth-order valence-corrected chi connectivity index (χ4v) is 3.17. The van der Waals surface area contributed by atoms with Crippen LogP contribution in [0.4, 0.5) is 4.79 Å². The van der Waals surface area contributed by atoms with Gasteiger partial charge in [0.05, 0.1) is 6.61 Å². The van der Waals surface area contributed by atoms with Crippen LogP contribution in [0.5, 0.6) is 0 Å². The first-order chi connectivity index (χ1) is 12.5. The van der Waals surface area contributed by atoms with E-state index in [0.29, 0.717) is 19.7 Å². The fraction of sp³-hybridized carbons (Fsp3) is 0.810. The molecule has 6 nitrogen and oxygen atoms in total. The number of rotatable bonds is 8. The molecule has 0 aromatic carbocycles. The second-order valence-electron chi connectivity index (χ2n) is 8.61. The summed E-state index contributed by atoms with van der Waals surface area (Å²) in [5.74, 6) is 0.273. The second-order valence-corrected chi connectivity index (χ2v) is 8.61. The van der Waals surface area contributed by atoms with Gasteiger partial charge in [0.1, 0.15) is 11.7 Å². The van der Waals surface area contributed by atoms with Crippen LogP contribution in [0.2, 0.25) is 0 Å².